The van der Waals surface area contributed by atoms with Crippen molar-refractivity contribution in [3.05, 3.63) is 70.2 Å². The molecular formula is C16H15BrCl2. The van der Waals surface area contributed by atoms with Crippen LogP contribution in [-0.2, 0) is 11.8 Å². The van der Waals surface area contributed by atoms with Gasteiger partial charge in [0.05, 0.1) is 0 Å². The lowest BCUT2D eigenvalue weighted by Gasteiger charge is -2.30. The molecule has 0 bridgehead atoms. The molecule has 0 aliphatic carbocycles. The zero-order chi connectivity index (χ0) is 13.7. The Balaban J connectivity index is 2.38. The Labute approximate surface area is 132 Å². The molecule has 3 heteroatoms. The van der Waals surface area contributed by atoms with Gasteiger partial charge in [-0.05, 0) is 23.6 Å². The maximum absolute atomic E-state index is 6.26. The number of hydrogen-bond acceptors (Lipinski definition) is 0. The van der Waals surface area contributed by atoms with Crippen LogP contribution in [0.4, 0.5) is 0 Å². The van der Waals surface area contributed by atoms with Gasteiger partial charge in [0.1, 0.15) is 0 Å². The molecule has 2 rings (SSSR count). The lowest BCUT2D eigenvalue weighted by Crippen LogP contribution is -2.33. The highest BCUT2D eigenvalue weighted by Gasteiger charge is 2.31. The van der Waals surface area contributed by atoms with Gasteiger partial charge in [0, 0.05) is 21.6 Å². The van der Waals surface area contributed by atoms with Gasteiger partial charge >= 0.3 is 0 Å². The highest BCUT2D eigenvalue weighted by atomic mass is 79.9. The molecule has 2 aromatic carbocycles. The molecule has 0 nitrogen and oxygen atoms in total. The molecule has 100 valence electrons. The van der Waals surface area contributed by atoms with Gasteiger partial charge in [0.2, 0.25) is 0 Å². The van der Waals surface area contributed by atoms with Crippen LogP contribution in [0.1, 0.15) is 11.1 Å². The van der Waals surface area contributed by atoms with Gasteiger partial charge in [-0.15, -0.1) is 23.2 Å². The van der Waals surface area contributed by atoms with Gasteiger partial charge in [0.15, 0.2) is 0 Å². The third-order valence-electron chi connectivity index (χ3n) is 3.38. The fraction of sp³-hybridized carbons (Fsp3) is 0.250. The van der Waals surface area contributed by atoms with Crippen LogP contribution < -0.4 is 0 Å². The first kappa shape index (κ1) is 14.9. The summed E-state index contributed by atoms with van der Waals surface area (Å²) in [5, 5.41) is 0. The van der Waals surface area contributed by atoms with Crippen LogP contribution in [-0.4, -0.2) is 11.8 Å². The molecule has 0 saturated carbocycles. The highest BCUT2D eigenvalue weighted by Crippen LogP contribution is 2.33. The molecule has 0 unspecified atom stereocenters. The van der Waals surface area contributed by atoms with Crippen LogP contribution in [0.3, 0.4) is 0 Å². The van der Waals surface area contributed by atoms with Crippen molar-refractivity contribution in [2.75, 3.05) is 11.8 Å². The Morgan fingerprint density at radius 2 is 1.42 bits per heavy atom. The third kappa shape index (κ3) is 3.34. The Hall–Kier alpha value is -0.500. The van der Waals surface area contributed by atoms with E-state index >= 15 is 0 Å². The summed E-state index contributed by atoms with van der Waals surface area (Å²) in [6.45, 7) is 0. The minimum atomic E-state index is -0.228. The SMILES string of the molecule is ClCC(CCl)(Cc1ccccc1Br)c1ccccc1. The summed E-state index contributed by atoms with van der Waals surface area (Å²) in [6, 6.07) is 18.5. The number of rotatable bonds is 5. The summed E-state index contributed by atoms with van der Waals surface area (Å²) >= 11 is 16.1. The van der Waals surface area contributed by atoms with E-state index in [0.29, 0.717) is 11.8 Å². The number of alkyl halides is 2. The summed E-state index contributed by atoms with van der Waals surface area (Å²) < 4.78 is 1.10. The number of halogens is 3. The first-order valence-corrected chi connectivity index (χ1v) is 7.99. The number of benzene rings is 2. The van der Waals surface area contributed by atoms with Crippen molar-refractivity contribution in [2.45, 2.75) is 11.8 Å². The molecule has 0 fully saturated rings. The summed E-state index contributed by atoms with van der Waals surface area (Å²) in [5.74, 6) is 1.00. The maximum atomic E-state index is 6.26. The molecule has 0 heterocycles. The predicted molar refractivity (Wildman–Crippen MR) is 87.4 cm³/mol. The standard InChI is InChI=1S/C16H15BrCl2/c17-15-9-5-4-6-13(15)10-16(11-18,12-19)14-7-2-1-3-8-14/h1-9H,10-12H2. The summed E-state index contributed by atoms with van der Waals surface area (Å²) in [6.07, 6.45) is 0.825. The smallest absolute Gasteiger partial charge is 0.0335 e. The lowest BCUT2D eigenvalue weighted by atomic mass is 9.79. The normalized spacial score (nSPS) is 11.5. The predicted octanol–water partition coefficient (Wildman–Crippen LogP) is 5.41. The topological polar surface area (TPSA) is 0 Å². The van der Waals surface area contributed by atoms with Crippen LogP contribution >= 0.6 is 39.1 Å². The Kier molecular flexibility index (Phi) is 5.32. The van der Waals surface area contributed by atoms with E-state index in [9.17, 15) is 0 Å². The van der Waals surface area contributed by atoms with Crippen LogP contribution in [0.5, 0.6) is 0 Å². The van der Waals surface area contributed by atoms with Crippen molar-refractivity contribution in [1.29, 1.82) is 0 Å². The van der Waals surface area contributed by atoms with Crippen LogP contribution in [0.25, 0.3) is 0 Å². The van der Waals surface area contributed by atoms with Crippen molar-refractivity contribution in [2.24, 2.45) is 0 Å². The monoisotopic (exact) mass is 356 g/mol. The minimum Gasteiger partial charge on any atom is -0.126 e. The first-order chi connectivity index (χ1) is 9.22. The zero-order valence-corrected chi connectivity index (χ0v) is 13.5. The molecule has 0 saturated heterocycles. The Morgan fingerprint density at radius 1 is 0.842 bits per heavy atom. The maximum Gasteiger partial charge on any atom is 0.0335 e. The largest absolute Gasteiger partial charge is 0.126 e. The van der Waals surface area contributed by atoms with E-state index in [1.54, 1.807) is 0 Å². The van der Waals surface area contributed by atoms with Crippen molar-refractivity contribution in [1.82, 2.24) is 0 Å². The molecule has 0 aliphatic heterocycles. The van der Waals surface area contributed by atoms with Crippen molar-refractivity contribution in [3.63, 3.8) is 0 Å². The Morgan fingerprint density at radius 3 is 2.00 bits per heavy atom. The second kappa shape index (κ2) is 6.78. The molecule has 0 aliphatic rings. The second-order valence-corrected chi connectivity index (χ2v) is 6.07. The van der Waals surface area contributed by atoms with E-state index in [2.05, 4.69) is 34.1 Å². The quantitative estimate of drug-likeness (QED) is 0.628. The van der Waals surface area contributed by atoms with Gasteiger partial charge in [-0.2, -0.15) is 0 Å². The van der Waals surface area contributed by atoms with Crippen LogP contribution in [0, 0.1) is 0 Å². The van der Waals surface area contributed by atoms with E-state index in [1.165, 1.54) is 11.1 Å². The molecule has 0 spiro atoms. The van der Waals surface area contributed by atoms with E-state index in [-0.39, 0.29) is 5.41 Å². The third-order valence-corrected chi connectivity index (χ3v) is 5.18. The molecular weight excluding hydrogens is 343 g/mol. The van der Waals surface area contributed by atoms with Crippen molar-refractivity contribution < 1.29 is 0 Å². The Bertz CT molecular complexity index is 521. The first-order valence-electron chi connectivity index (χ1n) is 6.13. The fourth-order valence-electron chi connectivity index (χ4n) is 2.18. The summed E-state index contributed by atoms with van der Waals surface area (Å²) in [4.78, 5) is 0. The van der Waals surface area contributed by atoms with Gasteiger partial charge in [-0.1, -0.05) is 64.5 Å². The minimum absolute atomic E-state index is 0.228. The summed E-state index contributed by atoms with van der Waals surface area (Å²) in [7, 11) is 0. The van der Waals surface area contributed by atoms with Crippen molar-refractivity contribution >= 4 is 39.1 Å². The average molecular weight is 358 g/mol. The van der Waals surface area contributed by atoms with E-state index < -0.39 is 0 Å². The molecule has 0 amide bonds. The molecule has 19 heavy (non-hydrogen) atoms. The average Bonchev–Trinajstić information content (AvgIpc) is 2.48. The molecule has 2 aromatic rings. The van der Waals surface area contributed by atoms with E-state index in [1.807, 2.05) is 36.4 Å². The number of hydrogen-bond donors (Lipinski definition) is 0. The van der Waals surface area contributed by atoms with Crippen LogP contribution in [0.2, 0.25) is 0 Å². The highest BCUT2D eigenvalue weighted by molar-refractivity contribution is 9.10. The molecule has 0 atom stereocenters. The molecule has 0 radical (unpaired) electrons. The van der Waals surface area contributed by atoms with E-state index in [4.69, 9.17) is 23.2 Å². The molecule has 0 N–H and O–H groups in total. The van der Waals surface area contributed by atoms with Gasteiger partial charge in [-0.3, -0.25) is 0 Å². The van der Waals surface area contributed by atoms with Gasteiger partial charge in [-0.25, -0.2) is 0 Å². The van der Waals surface area contributed by atoms with E-state index in [0.717, 1.165) is 10.9 Å². The summed E-state index contributed by atoms with van der Waals surface area (Å²) in [5.41, 5.74) is 2.19. The van der Waals surface area contributed by atoms with Gasteiger partial charge < -0.3 is 0 Å². The van der Waals surface area contributed by atoms with Gasteiger partial charge in [0.25, 0.3) is 0 Å². The zero-order valence-electron chi connectivity index (χ0n) is 10.5. The van der Waals surface area contributed by atoms with Crippen LogP contribution in [0.15, 0.2) is 59.1 Å². The fourth-order valence-corrected chi connectivity index (χ4v) is 3.39. The van der Waals surface area contributed by atoms with Crippen molar-refractivity contribution in [3.8, 4) is 0 Å². The molecule has 0 aromatic heterocycles. The lowest BCUT2D eigenvalue weighted by molar-refractivity contribution is 0.535. The second-order valence-electron chi connectivity index (χ2n) is 4.68.